The van der Waals surface area contributed by atoms with E-state index in [4.69, 9.17) is 14.2 Å². The Balaban J connectivity index is 1.75. The van der Waals surface area contributed by atoms with Gasteiger partial charge < -0.3 is 14.2 Å². The summed E-state index contributed by atoms with van der Waals surface area (Å²) in [4.78, 5) is 64.4. The van der Waals surface area contributed by atoms with Crippen LogP contribution in [-0.2, 0) is 38.2 Å². The summed E-state index contributed by atoms with van der Waals surface area (Å²) in [7, 11) is 3.76. The highest BCUT2D eigenvalue weighted by atomic mass is 16.5. The number of ether oxygens (including phenoxy) is 3. The molecule has 4 rings (SSSR count). The van der Waals surface area contributed by atoms with Crippen LogP contribution in [0.15, 0.2) is 12.2 Å². The van der Waals surface area contributed by atoms with Gasteiger partial charge in [0, 0.05) is 18.8 Å². The van der Waals surface area contributed by atoms with Crippen molar-refractivity contribution in [3.05, 3.63) is 12.2 Å². The second-order valence-corrected chi connectivity index (χ2v) is 10.00. The van der Waals surface area contributed by atoms with Gasteiger partial charge in [0.2, 0.25) is 0 Å². The van der Waals surface area contributed by atoms with E-state index >= 15 is 0 Å². The summed E-state index contributed by atoms with van der Waals surface area (Å²) in [5.74, 6) is -3.34. The van der Waals surface area contributed by atoms with Gasteiger partial charge in [-0.15, -0.1) is 0 Å². The van der Waals surface area contributed by atoms with Crippen molar-refractivity contribution in [2.75, 3.05) is 21.3 Å². The van der Waals surface area contributed by atoms with Gasteiger partial charge in [-0.2, -0.15) is 0 Å². The van der Waals surface area contributed by atoms with Crippen LogP contribution in [0.3, 0.4) is 0 Å². The lowest BCUT2D eigenvalue weighted by molar-refractivity contribution is -0.182. The lowest BCUT2D eigenvalue weighted by Crippen LogP contribution is -2.60. The predicted octanol–water partition coefficient (Wildman–Crippen LogP) is 2.04. The first-order chi connectivity index (χ1) is 15.1. The molecule has 0 aromatic carbocycles. The van der Waals surface area contributed by atoms with E-state index in [-0.39, 0.29) is 60.9 Å². The number of hydrogen-bond acceptors (Lipinski definition) is 8. The van der Waals surface area contributed by atoms with Gasteiger partial charge in [-0.05, 0) is 48.9 Å². The highest BCUT2D eigenvalue weighted by Crippen LogP contribution is 2.64. The number of methoxy groups -OCH3 is 3. The van der Waals surface area contributed by atoms with E-state index in [9.17, 15) is 24.0 Å². The third-order valence-corrected chi connectivity index (χ3v) is 8.95. The van der Waals surface area contributed by atoms with E-state index < -0.39 is 34.2 Å². The van der Waals surface area contributed by atoms with Crippen LogP contribution in [0.1, 0.15) is 45.4 Å². The average Bonchev–Trinajstić information content (AvgIpc) is 3.13. The van der Waals surface area contributed by atoms with Crippen molar-refractivity contribution < 1.29 is 38.2 Å². The Morgan fingerprint density at radius 1 is 0.938 bits per heavy atom. The summed E-state index contributed by atoms with van der Waals surface area (Å²) in [6, 6.07) is 0. The molecular formula is C24H30O8. The van der Waals surface area contributed by atoms with E-state index in [1.54, 1.807) is 0 Å². The number of rotatable bonds is 3. The fourth-order valence-electron chi connectivity index (χ4n) is 7.28. The fraction of sp³-hybridized carbons (Fsp3) is 0.708. The van der Waals surface area contributed by atoms with Gasteiger partial charge in [-0.1, -0.05) is 19.1 Å². The molecule has 6 atom stereocenters. The van der Waals surface area contributed by atoms with E-state index in [1.165, 1.54) is 21.3 Å². The SMILES string of the molecule is COC(=O)C1(C(=O)OC)CC[C@]2(C)[C@@H]3C(=O)C[C@]4(C(=O)OC)C(=O)CC[C@H]4[C@@H]3C=C[C@H]2C1. The monoisotopic (exact) mass is 446 g/mol. The Morgan fingerprint density at radius 2 is 1.56 bits per heavy atom. The summed E-state index contributed by atoms with van der Waals surface area (Å²) < 4.78 is 14.9. The molecule has 0 unspecified atom stereocenters. The zero-order valence-electron chi connectivity index (χ0n) is 19.0. The first-order valence-electron chi connectivity index (χ1n) is 11.1. The number of carbonyl (C=O) groups excluding carboxylic acids is 5. The van der Waals surface area contributed by atoms with Gasteiger partial charge in [0.15, 0.2) is 11.2 Å². The molecule has 0 aliphatic heterocycles. The molecule has 3 saturated carbocycles. The normalized spacial score (nSPS) is 39.4. The number of Topliss-reactive ketones (excluding diaryl/α,β-unsaturated/α-hetero) is 2. The van der Waals surface area contributed by atoms with Gasteiger partial charge in [0.25, 0.3) is 0 Å². The first-order valence-corrected chi connectivity index (χ1v) is 11.1. The topological polar surface area (TPSA) is 113 Å². The molecule has 4 aliphatic carbocycles. The summed E-state index contributed by atoms with van der Waals surface area (Å²) in [5, 5.41) is 0. The van der Waals surface area contributed by atoms with Gasteiger partial charge in [0.05, 0.1) is 21.3 Å². The molecule has 174 valence electrons. The second kappa shape index (κ2) is 7.52. The summed E-state index contributed by atoms with van der Waals surface area (Å²) in [6.07, 6.45) is 5.42. The van der Waals surface area contributed by atoms with Crippen LogP contribution in [0, 0.1) is 39.9 Å². The van der Waals surface area contributed by atoms with Crippen molar-refractivity contribution in [1.82, 2.24) is 0 Å². The predicted molar refractivity (Wildman–Crippen MR) is 110 cm³/mol. The summed E-state index contributed by atoms with van der Waals surface area (Å²) >= 11 is 0. The first kappa shape index (κ1) is 22.7. The minimum atomic E-state index is -1.40. The molecule has 4 aliphatic rings. The van der Waals surface area contributed by atoms with Crippen LogP contribution in [-0.4, -0.2) is 50.8 Å². The Bertz CT molecular complexity index is 903. The van der Waals surface area contributed by atoms with Crippen molar-refractivity contribution in [3.63, 3.8) is 0 Å². The molecule has 0 radical (unpaired) electrons. The van der Waals surface area contributed by atoms with Gasteiger partial charge in [0.1, 0.15) is 11.2 Å². The van der Waals surface area contributed by atoms with Gasteiger partial charge in [-0.3, -0.25) is 24.0 Å². The van der Waals surface area contributed by atoms with Crippen LogP contribution >= 0.6 is 0 Å². The largest absolute Gasteiger partial charge is 0.468 e. The molecule has 0 spiro atoms. The maximum Gasteiger partial charge on any atom is 0.323 e. The molecule has 32 heavy (non-hydrogen) atoms. The molecule has 0 amide bonds. The standard InChI is InChI=1S/C24H30O8/c1-22-9-10-23(19(27)30-2,20(28)31-3)11-13(22)5-6-14-15-7-8-17(26)24(15,21(29)32-4)12-16(25)18(14)22/h5-6,13-15,18H,7-12H2,1-4H3/t13-,14-,15-,18-,22-,24+/m0/s1. The molecule has 8 nitrogen and oxygen atoms in total. The quantitative estimate of drug-likeness (QED) is 0.280. The molecule has 0 saturated heterocycles. The molecular weight excluding hydrogens is 416 g/mol. The van der Waals surface area contributed by atoms with Crippen molar-refractivity contribution in [2.45, 2.75) is 45.4 Å². The van der Waals surface area contributed by atoms with E-state index in [0.29, 0.717) is 12.8 Å². The zero-order valence-corrected chi connectivity index (χ0v) is 19.0. The van der Waals surface area contributed by atoms with Crippen LogP contribution in [0.4, 0.5) is 0 Å². The lowest BCUT2D eigenvalue weighted by Gasteiger charge is -2.57. The Hall–Kier alpha value is -2.51. The number of carbonyl (C=O) groups is 5. The highest BCUT2D eigenvalue weighted by Gasteiger charge is 2.69. The Kier molecular flexibility index (Phi) is 5.33. The van der Waals surface area contributed by atoms with E-state index in [2.05, 4.69) is 0 Å². The van der Waals surface area contributed by atoms with Crippen molar-refractivity contribution in [1.29, 1.82) is 0 Å². The number of hydrogen-bond donors (Lipinski definition) is 0. The zero-order chi connectivity index (χ0) is 23.5. The number of fused-ring (bicyclic) bond motifs is 5. The van der Waals surface area contributed by atoms with Crippen molar-refractivity contribution in [3.8, 4) is 0 Å². The highest BCUT2D eigenvalue weighted by molar-refractivity contribution is 6.10. The molecule has 0 N–H and O–H groups in total. The second-order valence-electron chi connectivity index (χ2n) is 10.00. The third-order valence-electron chi connectivity index (χ3n) is 8.95. The van der Waals surface area contributed by atoms with Crippen LogP contribution in [0.2, 0.25) is 0 Å². The van der Waals surface area contributed by atoms with E-state index in [0.717, 1.165) is 0 Å². The Morgan fingerprint density at radius 3 is 2.16 bits per heavy atom. The Labute approximate surface area is 187 Å². The molecule has 0 aromatic heterocycles. The average molecular weight is 446 g/mol. The van der Waals surface area contributed by atoms with E-state index in [1.807, 2.05) is 19.1 Å². The van der Waals surface area contributed by atoms with Crippen molar-refractivity contribution >= 4 is 29.5 Å². The van der Waals surface area contributed by atoms with Crippen LogP contribution in [0.25, 0.3) is 0 Å². The van der Waals surface area contributed by atoms with Crippen LogP contribution in [0.5, 0.6) is 0 Å². The number of esters is 3. The van der Waals surface area contributed by atoms with Gasteiger partial charge >= 0.3 is 17.9 Å². The fourth-order valence-corrected chi connectivity index (χ4v) is 7.28. The minimum Gasteiger partial charge on any atom is -0.468 e. The molecule has 0 aromatic rings. The smallest absolute Gasteiger partial charge is 0.323 e. The van der Waals surface area contributed by atoms with Crippen LogP contribution < -0.4 is 0 Å². The molecule has 0 heterocycles. The molecule has 0 bridgehead atoms. The van der Waals surface area contributed by atoms with Crippen molar-refractivity contribution in [2.24, 2.45) is 39.9 Å². The van der Waals surface area contributed by atoms with Gasteiger partial charge in [-0.25, -0.2) is 0 Å². The molecule has 8 heteroatoms. The lowest BCUT2D eigenvalue weighted by atomic mass is 9.44. The summed E-state index contributed by atoms with van der Waals surface area (Å²) in [5.41, 5.74) is -3.30. The number of ketones is 2. The maximum atomic E-state index is 13.6. The maximum absolute atomic E-state index is 13.6. The molecule has 3 fully saturated rings. The third kappa shape index (κ3) is 2.70. The number of allylic oxidation sites excluding steroid dienone is 2. The minimum absolute atomic E-state index is 0.118. The summed E-state index contributed by atoms with van der Waals surface area (Å²) in [6.45, 7) is 2.02.